The minimum atomic E-state index is -0.118. The van der Waals surface area contributed by atoms with Crippen molar-refractivity contribution in [3.8, 4) is 0 Å². The molecule has 0 amide bonds. The summed E-state index contributed by atoms with van der Waals surface area (Å²) in [5, 5.41) is 13.1. The zero-order chi connectivity index (χ0) is 12.4. The second-order valence-corrected chi connectivity index (χ2v) is 6.03. The summed E-state index contributed by atoms with van der Waals surface area (Å²) in [6.45, 7) is 0.212. The molecule has 0 spiro atoms. The SMILES string of the molecule is OCC1(Cc2nccs2)CCCc2ccccc21. The Hall–Kier alpha value is -1.19. The zero-order valence-electron chi connectivity index (χ0n) is 10.3. The molecule has 1 aliphatic rings. The predicted octanol–water partition coefficient (Wildman–Crippen LogP) is 2.95. The number of thiazole rings is 1. The van der Waals surface area contributed by atoms with Crippen LogP contribution in [0.3, 0.4) is 0 Å². The molecule has 1 atom stereocenters. The first kappa shape index (κ1) is 11.9. The van der Waals surface area contributed by atoms with E-state index in [9.17, 15) is 5.11 Å². The first-order valence-corrected chi connectivity index (χ1v) is 7.30. The Kier molecular flexibility index (Phi) is 3.18. The highest BCUT2D eigenvalue weighted by Crippen LogP contribution is 2.39. The Balaban J connectivity index is 2.02. The van der Waals surface area contributed by atoms with E-state index < -0.39 is 0 Å². The third-order valence-corrected chi connectivity index (χ3v) is 4.75. The normalized spacial score (nSPS) is 22.7. The molecule has 2 aromatic rings. The van der Waals surface area contributed by atoms with Crippen LogP contribution in [0.5, 0.6) is 0 Å². The van der Waals surface area contributed by atoms with E-state index in [2.05, 4.69) is 29.2 Å². The number of aliphatic hydroxyl groups is 1. The fourth-order valence-electron chi connectivity index (χ4n) is 3.04. The number of benzene rings is 1. The molecule has 0 aliphatic heterocycles. The maximum atomic E-state index is 9.96. The van der Waals surface area contributed by atoms with Gasteiger partial charge in [0.05, 0.1) is 11.6 Å². The van der Waals surface area contributed by atoms with Crippen molar-refractivity contribution in [2.75, 3.05) is 6.61 Å². The molecule has 1 aromatic heterocycles. The van der Waals surface area contributed by atoms with Gasteiger partial charge in [-0.25, -0.2) is 4.98 Å². The van der Waals surface area contributed by atoms with Crippen LogP contribution in [-0.2, 0) is 18.3 Å². The van der Waals surface area contributed by atoms with E-state index in [1.807, 2.05) is 11.6 Å². The monoisotopic (exact) mass is 259 g/mol. The first-order chi connectivity index (χ1) is 8.84. The average Bonchev–Trinajstić information content (AvgIpc) is 2.92. The van der Waals surface area contributed by atoms with Gasteiger partial charge in [-0.2, -0.15) is 0 Å². The number of hydrogen-bond acceptors (Lipinski definition) is 3. The molecule has 3 heteroatoms. The van der Waals surface area contributed by atoms with E-state index in [0.29, 0.717) is 0 Å². The van der Waals surface area contributed by atoms with Gasteiger partial charge in [0.1, 0.15) is 0 Å². The minimum absolute atomic E-state index is 0.118. The molecule has 0 saturated carbocycles. The zero-order valence-corrected chi connectivity index (χ0v) is 11.1. The molecule has 0 bridgehead atoms. The maximum Gasteiger partial charge on any atom is 0.0934 e. The number of rotatable bonds is 3. The molecule has 1 aromatic carbocycles. The fourth-order valence-corrected chi connectivity index (χ4v) is 3.80. The van der Waals surface area contributed by atoms with Gasteiger partial charge in [0.25, 0.3) is 0 Å². The molecule has 1 N–H and O–H groups in total. The Labute approximate surface area is 111 Å². The Morgan fingerprint density at radius 3 is 3.00 bits per heavy atom. The summed E-state index contributed by atoms with van der Waals surface area (Å²) in [4.78, 5) is 4.38. The molecule has 18 heavy (non-hydrogen) atoms. The average molecular weight is 259 g/mol. The van der Waals surface area contributed by atoms with Crippen LogP contribution in [0.1, 0.15) is 29.0 Å². The number of aliphatic hydroxyl groups excluding tert-OH is 1. The third-order valence-electron chi connectivity index (χ3n) is 3.97. The number of aryl methyl sites for hydroxylation is 1. The van der Waals surface area contributed by atoms with Gasteiger partial charge in [-0.05, 0) is 30.4 Å². The van der Waals surface area contributed by atoms with Crippen molar-refractivity contribution < 1.29 is 5.11 Å². The van der Waals surface area contributed by atoms with Gasteiger partial charge in [0.2, 0.25) is 0 Å². The lowest BCUT2D eigenvalue weighted by atomic mass is 9.68. The summed E-state index contributed by atoms with van der Waals surface area (Å²) < 4.78 is 0. The molecule has 1 unspecified atom stereocenters. The van der Waals surface area contributed by atoms with Crippen LogP contribution in [0.4, 0.5) is 0 Å². The summed E-state index contributed by atoms with van der Waals surface area (Å²) in [6, 6.07) is 8.55. The van der Waals surface area contributed by atoms with Crippen LogP contribution in [0.2, 0.25) is 0 Å². The molecule has 0 radical (unpaired) electrons. The fraction of sp³-hybridized carbons (Fsp3) is 0.400. The minimum Gasteiger partial charge on any atom is -0.395 e. The molecule has 3 rings (SSSR count). The highest BCUT2D eigenvalue weighted by Gasteiger charge is 2.36. The lowest BCUT2D eigenvalue weighted by Crippen LogP contribution is -2.37. The van der Waals surface area contributed by atoms with Gasteiger partial charge in [0, 0.05) is 23.4 Å². The summed E-state index contributed by atoms with van der Waals surface area (Å²) in [5.74, 6) is 0. The summed E-state index contributed by atoms with van der Waals surface area (Å²) in [5.41, 5.74) is 2.61. The second kappa shape index (κ2) is 4.82. The predicted molar refractivity (Wildman–Crippen MR) is 74.0 cm³/mol. The molecule has 2 nitrogen and oxygen atoms in total. The van der Waals surface area contributed by atoms with E-state index in [1.165, 1.54) is 11.1 Å². The van der Waals surface area contributed by atoms with Crippen LogP contribution >= 0.6 is 11.3 Å². The van der Waals surface area contributed by atoms with Gasteiger partial charge < -0.3 is 5.11 Å². The lowest BCUT2D eigenvalue weighted by Gasteiger charge is -2.37. The lowest BCUT2D eigenvalue weighted by molar-refractivity contribution is 0.173. The van der Waals surface area contributed by atoms with Crippen molar-refractivity contribution in [2.24, 2.45) is 0 Å². The smallest absolute Gasteiger partial charge is 0.0934 e. The topological polar surface area (TPSA) is 33.1 Å². The number of hydrogen-bond donors (Lipinski definition) is 1. The number of fused-ring (bicyclic) bond motifs is 1. The van der Waals surface area contributed by atoms with Crippen LogP contribution in [0, 0.1) is 0 Å². The maximum absolute atomic E-state index is 9.96. The Morgan fingerprint density at radius 1 is 1.33 bits per heavy atom. The largest absolute Gasteiger partial charge is 0.395 e. The molecular formula is C15H17NOS. The van der Waals surface area contributed by atoms with Gasteiger partial charge in [-0.3, -0.25) is 0 Å². The van der Waals surface area contributed by atoms with Gasteiger partial charge in [-0.1, -0.05) is 24.3 Å². The first-order valence-electron chi connectivity index (χ1n) is 6.42. The quantitative estimate of drug-likeness (QED) is 0.919. The molecular weight excluding hydrogens is 242 g/mol. The van der Waals surface area contributed by atoms with E-state index in [4.69, 9.17) is 0 Å². The van der Waals surface area contributed by atoms with Crippen LogP contribution in [0.15, 0.2) is 35.8 Å². The van der Waals surface area contributed by atoms with E-state index >= 15 is 0 Å². The van der Waals surface area contributed by atoms with Gasteiger partial charge in [-0.15, -0.1) is 11.3 Å². The van der Waals surface area contributed by atoms with Crippen molar-refractivity contribution in [2.45, 2.75) is 31.1 Å². The Bertz CT molecular complexity index is 523. The summed E-state index contributed by atoms with van der Waals surface area (Å²) >= 11 is 1.68. The summed E-state index contributed by atoms with van der Waals surface area (Å²) in [6.07, 6.45) is 6.05. The van der Waals surface area contributed by atoms with Crippen molar-refractivity contribution >= 4 is 11.3 Å². The van der Waals surface area contributed by atoms with Crippen molar-refractivity contribution in [1.29, 1.82) is 0 Å². The van der Waals surface area contributed by atoms with Crippen molar-refractivity contribution in [3.05, 3.63) is 52.0 Å². The van der Waals surface area contributed by atoms with Crippen LogP contribution in [-0.4, -0.2) is 16.7 Å². The van der Waals surface area contributed by atoms with Crippen LogP contribution < -0.4 is 0 Å². The molecule has 0 saturated heterocycles. The van der Waals surface area contributed by atoms with E-state index in [-0.39, 0.29) is 12.0 Å². The Morgan fingerprint density at radius 2 is 2.22 bits per heavy atom. The second-order valence-electron chi connectivity index (χ2n) is 5.05. The molecule has 1 heterocycles. The molecule has 1 aliphatic carbocycles. The van der Waals surface area contributed by atoms with Crippen molar-refractivity contribution in [1.82, 2.24) is 4.98 Å². The molecule has 0 fully saturated rings. The van der Waals surface area contributed by atoms with Crippen molar-refractivity contribution in [3.63, 3.8) is 0 Å². The highest BCUT2D eigenvalue weighted by atomic mass is 32.1. The van der Waals surface area contributed by atoms with Gasteiger partial charge >= 0.3 is 0 Å². The van der Waals surface area contributed by atoms with E-state index in [1.54, 1.807) is 11.3 Å². The van der Waals surface area contributed by atoms with Crippen LogP contribution in [0.25, 0.3) is 0 Å². The third kappa shape index (κ3) is 1.98. The standard InChI is InChI=1S/C15H17NOS/c17-11-15(10-14-16-8-9-18-14)7-3-5-12-4-1-2-6-13(12)15/h1-2,4,6,8-9,17H,3,5,7,10-11H2. The molecule has 94 valence electrons. The van der Waals surface area contributed by atoms with Gasteiger partial charge in [0.15, 0.2) is 0 Å². The highest BCUT2D eigenvalue weighted by molar-refractivity contribution is 7.09. The van der Waals surface area contributed by atoms with E-state index in [0.717, 1.165) is 30.7 Å². The summed E-state index contributed by atoms with van der Waals surface area (Å²) in [7, 11) is 0. The number of aromatic nitrogens is 1. The number of nitrogens with zero attached hydrogens (tertiary/aromatic N) is 1.